The van der Waals surface area contributed by atoms with Gasteiger partial charge < -0.3 is 11.1 Å². The Morgan fingerprint density at radius 2 is 2.57 bits per heavy atom. The average molecular weight is 195 g/mol. The van der Waals surface area contributed by atoms with E-state index in [2.05, 4.69) is 27.1 Å². The molecule has 0 aliphatic carbocycles. The highest BCUT2D eigenvalue weighted by Gasteiger charge is 2.12. The first-order valence-electron chi connectivity index (χ1n) is 4.23. The van der Waals surface area contributed by atoms with Gasteiger partial charge in [-0.25, -0.2) is 0 Å². The first kappa shape index (κ1) is 10.2. The third kappa shape index (κ3) is 2.58. The average Bonchev–Trinajstić information content (AvgIpc) is 2.52. The van der Waals surface area contributed by atoms with Crippen LogP contribution in [0.2, 0.25) is 0 Å². The lowest BCUT2D eigenvalue weighted by atomic mass is 10.2. The van der Waals surface area contributed by atoms with Crippen molar-refractivity contribution in [2.75, 3.05) is 5.73 Å². The summed E-state index contributed by atoms with van der Waals surface area (Å²) in [7, 11) is 0. The van der Waals surface area contributed by atoms with Gasteiger partial charge in [-0.3, -0.25) is 9.89 Å². The van der Waals surface area contributed by atoms with E-state index in [1.807, 2.05) is 6.92 Å². The van der Waals surface area contributed by atoms with Gasteiger partial charge in [0.1, 0.15) is 0 Å². The molecule has 0 saturated carbocycles. The summed E-state index contributed by atoms with van der Waals surface area (Å²) in [5.74, 6) is -0.131. The van der Waals surface area contributed by atoms with Crippen molar-refractivity contribution in [1.29, 1.82) is 0 Å². The van der Waals surface area contributed by atoms with Crippen molar-refractivity contribution in [2.24, 2.45) is 0 Å². The van der Waals surface area contributed by atoms with E-state index in [0.717, 1.165) is 0 Å². The summed E-state index contributed by atoms with van der Waals surface area (Å²) in [5.41, 5.74) is 5.26. The number of hydrogen-bond donors (Lipinski definition) is 3. The number of aromatic nitrogens is 3. The molecule has 0 spiro atoms. The number of anilines is 1. The van der Waals surface area contributed by atoms with E-state index < -0.39 is 0 Å². The quantitative estimate of drug-likeness (QED) is 0.593. The maximum absolute atomic E-state index is 11.4. The third-order valence-corrected chi connectivity index (χ3v) is 1.62. The van der Waals surface area contributed by atoms with Crippen LogP contribution in [0.4, 0.5) is 5.95 Å². The molecular weight excluding hydrogens is 182 g/mol. The van der Waals surface area contributed by atoms with Crippen LogP contribution in [-0.4, -0.2) is 27.1 Å². The fraction of sp³-hybridized carbons (Fsp3) is 0.375. The van der Waals surface area contributed by atoms with Crippen LogP contribution in [0, 0.1) is 0 Å². The van der Waals surface area contributed by atoms with E-state index in [1.165, 1.54) is 0 Å². The topological polar surface area (TPSA) is 96.7 Å². The third-order valence-electron chi connectivity index (χ3n) is 1.62. The van der Waals surface area contributed by atoms with Gasteiger partial charge in [-0.1, -0.05) is 6.08 Å². The van der Waals surface area contributed by atoms with Crippen molar-refractivity contribution in [3.05, 3.63) is 18.5 Å². The molecule has 0 radical (unpaired) electrons. The highest BCUT2D eigenvalue weighted by molar-refractivity contribution is 5.90. The Hall–Kier alpha value is -1.85. The predicted molar refractivity (Wildman–Crippen MR) is 52.5 cm³/mol. The second-order valence-corrected chi connectivity index (χ2v) is 2.94. The number of nitrogens with zero attached hydrogens (tertiary/aromatic N) is 2. The van der Waals surface area contributed by atoms with Crippen LogP contribution in [0.3, 0.4) is 0 Å². The fourth-order valence-electron chi connectivity index (χ4n) is 0.977. The molecule has 1 rings (SSSR count). The van der Waals surface area contributed by atoms with Gasteiger partial charge in [-0.15, -0.1) is 11.7 Å². The standard InChI is InChI=1S/C8H13N5O/c1-3-4-5(2)10-7(14)6-11-8(9)13-12-6/h3,5H,1,4H2,2H3,(H,10,14)(H3,9,11,12,13). The number of amides is 1. The number of carbonyl (C=O) groups excluding carboxylic acids is 1. The first-order chi connectivity index (χ1) is 6.63. The lowest BCUT2D eigenvalue weighted by Gasteiger charge is -2.09. The fourth-order valence-corrected chi connectivity index (χ4v) is 0.977. The zero-order valence-corrected chi connectivity index (χ0v) is 7.95. The van der Waals surface area contributed by atoms with Crippen LogP contribution in [0.15, 0.2) is 12.7 Å². The minimum Gasteiger partial charge on any atom is -0.366 e. The maximum atomic E-state index is 11.4. The van der Waals surface area contributed by atoms with E-state index in [9.17, 15) is 4.79 Å². The predicted octanol–water partition coefficient (Wildman–Crippen LogP) is 0.0813. The van der Waals surface area contributed by atoms with Crippen molar-refractivity contribution in [1.82, 2.24) is 20.5 Å². The molecule has 0 saturated heterocycles. The summed E-state index contributed by atoms with van der Waals surface area (Å²) < 4.78 is 0. The summed E-state index contributed by atoms with van der Waals surface area (Å²) in [6.45, 7) is 5.45. The molecule has 1 aromatic heterocycles. The van der Waals surface area contributed by atoms with Crippen LogP contribution >= 0.6 is 0 Å². The largest absolute Gasteiger partial charge is 0.366 e. The number of nitrogens with one attached hydrogen (secondary N) is 2. The Bertz CT molecular complexity index is 332. The van der Waals surface area contributed by atoms with Crippen LogP contribution in [0.25, 0.3) is 0 Å². The molecule has 1 unspecified atom stereocenters. The number of hydrogen-bond acceptors (Lipinski definition) is 4. The molecule has 14 heavy (non-hydrogen) atoms. The summed E-state index contributed by atoms with van der Waals surface area (Å²) >= 11 is 0. The molecule has 0 aliphatic rings. The van der Waals surface area contributed by atoms with E-state index in [1.54, 1.807) is 6.08 Å². The molecule has 1 amide bonds. The number of nitrogens with two attached hydrogens (primary N) is 1. The van der Waals surface area contributed by atoms with Gasteiger partial charge in [0.15, 0.2) is 0 Å². The van der Waals surface area contributed by atoms with Gasteiger partial charge >= 0.3 is 0 Å². The first-order valence-corrected chi connectivity index (χ1v) is 4.23. The molecule has 4 N–H and O–H groups in total. The molecule has 0 aliphatic heterocycles. The zero-order valence-electron chi connectivity index (χ0n) is 7.95. The minimum atomic E-state index is -0.316. The lowest BCUT2D eigenvalue weighted by molar-refractivity contribution is 0.0930. The van der Waals surface area contributed by atoms with Crippen LogP contribution in [0.5, 0.6) is 0 Å². The molecule has 6 heteroatoms. The monoisotopic (exact) mass is 195 g/mol. The Morgan fingerprint density at radius 1 is 1.86 bits per heavy atom. The van der Waals surface area contributed by atoms with Crippen molar-refractivity contribution < 1.29 is 4.79 Å². The molecular formula is C8H13N5O. The minimum absolute atomic E-state index is 0.0197. The Balaban J connectivity index is 2.54. The number of H-pyrrole nitrogens is 1. The molecule has 6 nitrogen and oxygen atoms in total. The number of carbonyl (C=O) groups is 1. The van der Waals surface area contributed by atoms with E-state index >= 15 is 0 Å². The summed E-state index contributed by atoms with van der Waals surface area (Å²) in [4.78, 5) is 15.1. The van der Waals surface area contributed by atoms with Gasteiger partial charge in [0.05, 0.1) is 0 Å². The van der Waals surface area contributed by atoms with Crippen molar-refractivity contribution in [3.63, 3.8) is 0 Å². The summed E-state index contributed by atoms with van der Waals surface area (Å²) in [5, 5.41) is 8.69. The van der Waals surface area contributed by atoms with Crippen molar-refractivity contribution in [2.45, 2.75) is 19.4 Å². The molecule has 0 aromatic carbocycles. The zero-order chi connectivity index (χ0) is 10.6. The highest BCUT2D eigenvalue weighted by atomic mass is 16.2. The maximum Gasteiger partial charge on any atom is 0.288 e. The van der Waals surface area contributed by atoms with Crippen molar-refractivity contribution >= 4 is 11.9 Å². The Morgan fingerprint density at radius 3 is 3.07 bits per heavy atom. The lowest BCUT2D eigenvalue weighted by Crippen LogP contribution is -2.32. The van der Waals surface area contributed by atoms with Crippen LogP contribution in [0.1, 0.15) is 24.0 Å². The summed E-state index contributed by atoms with van der Waals surface area (Å²) in [6.07, 6.45) is 2.44. The summed E-state index contributed by atoms with van der Waals surface area (Å²) in [6, 6.07) is 0.0197. The molecule has 76 valence electrons. The van der Waals surface area contributed by atoms with Gasteiger partial charge in [0, 0.05) is 6.04 Å². The van der Waals surface area contributed by atoms with E-state index in [0.29, 0.717) is 6.42 Å². The number of aromatic amines is 1. The number of nitrogen functional groups attached to an aromatic ring is 1. The second kappa shape index (κ2) is 4.40. The van der Waals surface area contributed by atoms with Gasteiger partial charge in [-0.05, 0) is 13.3 Å². The molecule has 1 heterocycles. The van der Waals surface area contributed by atoms with E-state index in [-0.39, 0.29) is 23.7 Å². The normalized spacial score (nSPS) is 12.1. The molecule has 1 aromatic rings. The SMILES string of the molecule is C=CCC(C)NC(=O)c1nc(N)n[nH]1. The Kier molecular flexibility index (Phi) is 3.22. The van der Waals surface area contributed by atoms with Crippen LogP contribution < -0.4 is 11.1 Å². The molecule has 1 atom stereocenters. The van der Waals surface area contributed by atoms with Gasteiger partial charge in [0.25, 0.3) is 5.91 Å². The molecule has 0 fully saturated rings. The van der Waals surface area contributed by atoms with Crippen molar-refractivity contribution in [3.8, 4) is 0 Å². The smallest absolute Gasteiger partial charge is 0.288 e. The molecule has 0 bridgehead atoms. The number of rotatable bonds is 4. The highest BCUT2D eigenvalue weighted by Crippen LogP contribution is 1.96. The van der Waals surface area contributed by atoms with Gasteiger partial charge in [-0.2, -0.15) is 4.98 Å². The van der Waals surface area contributed by atoms with E-state index in [4.69, 9.17) is 5.73 Å². The second-order valence-electron chi connectivity index (χ2n) is 2.94. The Labute approximate surface area is 81.6 Å². The van der Waals surface area contributed by atoms with Gasteiger partial charge in [0.2, 0.25) is 11.8 Å². The van der Waals surface area contributed by atoms with Crippen LogP contribution in [-0.2, 0) is 0 Å².